The molecular formula is C24H43N5O3S. The van der Waals surface area contributed by atoms with Crippen LogP contribution in [0.5, 0.6) is 0 Å². The molecule has 1 saturated heterocycles. The van der Waals surface area contributed by atoms with E-state index in [-0.39, 0.29) is 11.7 Å². The van der Waals surface area contributed by atoms with Crippen LogP contribution >= 0.6 is 11.8 Å². The number of aliphatic imine (C=N–C) groups is 1. The van der Waals surface area contributed by atoms with Crippen LogP contribution in [-0.2, 0) is 9.59 Å². The lowest BCUT2D eigenvalue weighted by Gasteiger charge is -2.36. The molecule has 33 heavy (non-hydrogen) atoms. The summed E-state index contributed by atoms with van der Waals surface area (Å²) in [7, 11) is 1.63. The third-order valence-corrected chi connectivity index (χ3v) is 7.45. The van der Waals surface area contributed by atoms with E-state index in [0.717, 1.165) is 12.8 Å². The maximum absolute atomic E-state index is 12.5. The van der Waals surface area contributed by atoms with Crippen molar-refractivity contribution in [3.63, 3.8) is 0 Å². The predicted molar refractivity (Wildman–Crippen MR) is 135 cm³/mol. The molecule has 188 valence electrons. The largest absolute Gasteiger partial charge is 0.369 e. The number of carbonyl (C=O) groups excluding carboxylic acids is 3. The van der Waals surface area contributed by atoms with Gasteiger partial charge in [0.1, 0.15) is 0 Å². The van der Waals surface area contributed by atoms with Crippen molar-refractivity contribution < 1.29 is 14.4 Å². The van der Waals surface area contributed by atoms with E-state index in [1.807, 2.05) is 4.90 Å². The summed E-state index contributed by atoms with van der Waals surface area (Å²) in [5, 5.41) is 3.02. The molecule has 0 aromatic rings. The highest BCUT2D eigenvalue weighted by Gasteiger charge is 2.48. The first-order valence-electron chi connectivity index (χ1n) is 12.8. The number of amides is 4. The molecule has 2 rings (SSSR count). The number of rotatable bonds is 17. The van der Waals surface area contributed by atoms with Crippen molar-refractivity contribution in [2.45, 2.75) is 109 Å². The van der Waals surface area contributed by atoms with Crippen LogP contribution in [0.2, 0.25) is 0 Å². The number of thioether (sulfide) groups is 1. The van der Waals surface area contributed by atoms with Gasteiger partial charge in [-0.25, -0.2) is 9.79 Å². The normalized spacial score (nSPS) is 20.1. The highest BCUT2D eigenvalue weighted by molar-refractivity contribution is 8.14. The number of fused-ring (bicyclic) bond motifs is 1. The smallest absolute Gasteiger partial charge is 0.325 e. The Labute approximate surface area is 203 Å². The summed E-state index contributed by atoms with van der Waals surface area (Å²) in [5.74, 6) is -0.651. The number of nitrogens with one attached hydrogen (secondary N) is 1. The predicted octanol–water partition coefficient (Wildman–Crippen LogP) is 4.23. The average molecular weight is 482 g/mol. The second kappa shape index (κ2) is 15.2. The van der Waals surface area contributed by atoms with E-state index in [9.17, 15) is 14.4 Å². The van der Waals surface area contributed by atoms with Gasteiger partial charge in [0.2, 0.25) is 5.91 Å². The van der Waals surface area contributed by atoms with E-state index in [0.29, 0.717) is 11.7 Å². The summed E-state index contributed by atoms with van der Waals surface area (Å²) in [6.45, 7) is 2.94. The molecule has 9 heteroatoms. The minimum atomic E-state index is -0.548. The number of primary amides is 1. The summed E-state index contributed by atoms with van der Waals surface area (Å²) in [6, 6.07) is -0.979. The zero-order valence-corrected chi connectivity index (χ0v) is 21.3. The molecule has 0 spiro atoms. The molecule has 4 amide bonds. The van der Waals surface area contributed by atoms with Gasteiger partial charge in [-0.15, -0.1) is 0 Å². The number of hydrogen-bond acceptors (Lipinski definition) is 6. The molecule has 2 atom stereocenters. The number of carbonyl (C=O) groups is 3. The van der Waals surface area contributed by atoms with E-state index >= 15 is 0 Å². The van der Waals surface area contributed by atoms with Gasteiger partial charge < -0.3 is 15.5 Å². The monoisotopic (exact) mass is 481 g/mol. The Balaban J connectivity index is 1.63. The first-order chi connectivity index (χ1) is 16.0. The Morgan fingerprint density at radius 1 is 0.939 bits per heavy atom. The second-order valence-electron chi connectivity index (χ2n) is 9.22. The maximum Gasteiger partial charge on any atom is 0.325 e. The topological polar surface area (TPSA) is 108 Å². The van der Waals surface area contributed by atoms with Gasteiger partial charge in [-0.3, -0.25) is 14.9 Å². The molecule has 1 fully saturated rings. The number of imide groups is 1. The fourth-order valence-electron chi connectivity index (χ4n) is 4.47. The lowest BCUT2D eigenvalue weighted by atomic mass is 10.0. The zero-order valence-electron chi connectivity index (χ0n) is 20.5. The minimum absolute atomic E-state index is 0.104. The minimum Gasteiger partial charge on any atom is -0.369 e. The third-order valence-electron chi connectivity index (χ3n) is 6.42. The number of urea groups is 1. The first kappa shape index (κ1) is 27.5. The third kappa shape index (κ3) is 9.18. The van der Waals surface area contributed by atoms with Gasteiger partial charge >= 0.3 is 6.03 Å². The van der Waals surface area contributed by atoms with E-state index in [4.69, 9.17) is 5.73 Å². The zero-order chi connectivity index (χ0) is 24.1. The number of nitrogens with zero attached hydrogens (tertiary/aromatic N) is 3. The van der Waals surface area contributed by atoms with Gasteiger partial charge in [-0.2, -0.15) is 0 Å². The van der Waals surface area contributed by atoms with Crippen LogP contribution in [0.4, 0.5) is 4.79 Å². The Hall–Kier alpha value is -1.77. The van der Waals surface area contributed by atoms with E-state index < -0.39 is 24.1 Å². The summed E-state index contributed by atoms with van der Waals surface area (Å²) in [4.78, 5) is 43.6. The van der Waals surface area contributed by atoms with Crippen molar-refractivity contribution in [1.82, 2.24) is 15.1 Å². The fourth-order valence-corrected chi connectivity index (χ4v) is 5.29. The Morgan fingerprint density at radius 2 is 1.45 bits per heavy atom. The molecule has 0 aromatic carbocycles. The second-order valence-corrected chi connectivity index (χ2v) is 10.2. The number of amidine groups is 1. The standard InChI is InChI=1S/C24H43N5O3S/c1-3-4-5-6-7-8-9-10-11-12-13-14-15-16-17-29-20-21(26-24(29)33-18-19(25)30)28(2)23(32)27-22(20)31/h20-21H,3-18H2,1-2H3,(H2,25,30)(H,27,31,32). The highest BCUT2D eigenvalue weighted by atomic mass is 32.2. The van der Waals surface area contributed by atoms with Crippen LogP contribution in [-0.4, -0.2) is 64.4 Å². The molecule has 2 aliphatic heterocycles. The Kier molecular flexibility index (Phi) is 12.6. The van der Waals surface area contributed by atoms with E-state index in [1.165, 1.54) is 93.7 Å². The van der Waals surface area contributed by atoms with Crippen LogP contribution in [0.25, 0.3) is 0 Å². The molecule has 2 aliphatic rings. The van der Waals surface area contributed by atoms with Crippen LogP contribution in [0.1, 0.15) is 96.8 Å². The summed E-state index contributed by atoms with van der Waals surface area (Å²) in [5.41, 5.74) is 5.29. The molecule has 0 aliphatic carbocycles. The van der Waals surface area contributed by atoms with Crippen molar-refractivity contribution >= 4 is 34.8 Å². The molecule has 3 N–H and O–H groups in total. The average Bonchev–Trinajstić information content (AvgIpc) is 3.15. The van der Waals surface area contributed by atoms with Gasteiger partial charge in [0, 0.05) is 13.6 Å². The molecule has 2 heterocycles. The summed E-state index contributed by atoms with van der Waals surface area (Å²) >= 11 is 1.24. The van der Waals surface area contributed by atoms with E-state index in [2.05, 4.69) is 17.2 Å². The Morgan fingerprint density at radius 3 is 1.97 bits per heavy atom. The van der Waals surface area contributed by atoms with Gasteiger partial charge in [-0.1, -0.05) is 102 Å². The summed E-state index contributed by atoms with van der Waals surface area (Å²) < 4.78 is 0. The van der Waals surface area contributed by atoms with Crippen LogP contribution in [0, 0.1) is 0 Å². The quantitative estimate of drug-likeness (QED) is 0.302. The number of unbranched alkanes of at least 4 members (excludes halogenated alkanes) is 13. The number of likely N-dealkylation sites (N-methyl/N-ethyl adjacent to an activating group) is 1. The van der Waals surface area contributed by atoms with Gasteiger partial charge in [0.15, 0.2) is 17.4 Å². The molecule has 8 nitrogen and oxygen atoms in total. The van der Waals surface area contributed by atoms with Crippen molar-refractivity contribution in [2.75, 3.05) is 19.3 Å². The first-order valence-corrected chi connectivity index (χ1v) is 13.8. The molecule has 0 aromatic heterocycles. The highest BCUT2D eigenvalue weighted by Crippen LogP contribution is 2.29. The molecule has 0 bridgehead atoms. The molecule has 0 saturated carbocycles. The van der Waals surface area contributed by atoms with Crippen molar-refractivity contribution in [1.29, 1.82) is 0 Å². The maximum atomic E-state index is 12.5. The van der Waals surface area contributed by atoms with Gasteiger partial charge in [0.25, 0.3) is 5.91 Å². The van der Waals surface area contributed by atoms with Gasteiger partial charge in [-0.05, 0) is 6.42 Å². The molecule has 0 radical (unpaired) electrons. The lowest BCUT2D eigenvalue weighted by Crippen LogP contribution is -2.63. The fraction of sp³-hybridized carbons (Fsp3) is 0.833. The number of hydrogen-bond donors (Lipinski definition) is 2. The lowest BCUT2D eigenvalue weighted by molar-refractivity contribution is -0.127. The van der Waals surface area contributed by atoms with Crippen LogP contribution < -0.4 is 11.1 Å². The van der Waals surface area contributed by atoms with Crippen molar-refractivity contribution in [3.05, 3.63) is 0 Å². The van der Waals surface area contributed by atoms with Crippen molar-refractivity contribution in [2.24, 2.45) is 10.7 Å². The number of nitrogens with two attached hydrogens (primary N) is 1. The molecule has 2 unspecified atom stereocenters. The summed E-state index contributed by atoms with van der Waals surface area (Å²) in [6.07, 6.45) is 17.5. The van der Waals surface area contributed by atoms with Crippen molar-refractivity contribution in [3.8, 4) is 0 Å². The Bertz CT molecular complexity index is 672. The van der Waals surface area contributed by atoms with E-state index in [1.54, 1.807) is 7.05 Å². The van der Waals surface area contributed by atoms with Crippen LogP contribution in [0.15, 0.2) is 4.99 Å². The van der Waals surface area contributed by atoms with Gasteiger partial charge in [0.05, 0.1) is 5.75 Å². The van der Waals surface area contributed by atoms with Crippen LogP contribution in [0.3, 0.4) is 0 Å². The molecular weight excluding hydrogens is 438 g/mol. The SMILES string of the molecule is CCCCCCCCCCCCCCCCN1C(SCC(N)=O)=NC2C1C(=O)NC(=O)N2C.